The maximum absolute atomic E-state index is 10.6. The smallest absolute Gasteiger partial charge is 0.100 e. The van der Waals surface area contributed by atoms with Crippen molar-refractivity contribution in [3.05, 3.63) is 132 Å². The third-order valence-electron chi connectivity index (χ3n) is 7.99. The van der Waals surface area contributed by atoms with E-state index < -0.39 is 0 Å². The van der Waals surface area contributed by atoms with Crippen LogP contribution in [-0.2, 0) is 0 Å². The Morgan fingerprint density at radius 2 is 0.952 bits per heavy atom. The van der Waals surface area contributed by atoms with E-state index in [2.05, 4.69) is 109 Å². The molecular formula is C38H20N2S2. The minimum absolute atomic E-state index is 0.552. The molecule has 0 spiro atoms. The van der Waals surface area contributed by atoms with Gasteiger partial charge in [-0.3, -0.25) is 0 Å². The predicted octanol–water partition coefficient (Wildman–Crippen LogP) is 11.2. The Bertz CT molecular complexity index is 2450. The van der Waals surface area contributed by atoms with E-state index in [-0.39, 0.29) is 0 Å². The highest BCUT2D eigenvalue weighted by Crippen LogP contribution is 2.42. The summed E-state index contributed by atoms with van der Waals surface area (Å²) in [5.41, 5.74) is 6.61. The van der Waals surface area contributed by atoms with Gasteiger partial charge in [-0.2, -0.15) is 10.5 Å². The first kappa shape index (κ1) is 24.5. The topological polar surface area (TPSA) is 47.6 Å². The quantitative estimate of drug-likeness (QED) is 0.213. The SMILES string of the molecule is N#Cc1ccccc1-c1cc(-c2ccc3sc4ccccc4c3c2)cc(-c2ccc3sc4ccccc4c3c2)c1C#N. The van der Waals surface area contributed by atoms with E-state index in [4.69, 9.17) is 0 Å². The molecule has 0 amide bonds. The van der Waals surface area contributed by atoms with Crippen LogP contribution in [0.1, 0.15) is 11.1 Å². The summed E-state index contributed by atoms with van der Waals surface area (Å²) in [6.45, 7) is 0. The van der Waals surface area contributed by atoms with Gasteiger partial charge in [0, 0.05) is 57.0 Å². The van der Waals surface area contributed by atoms with Gasteiger partial charge in [-0.1, -0.05) is 66.7 Å². The number of fused-ring (bicyclic) bond motifs is 6. The molecule has 4 heteroatoms. The summed E-state index contributed by atoms with van der Waals surface area (Å²) in [7, 11) is 0. The van der Waals surface area contributed by atoms with Crippen LogP contribution in [-0.4, -0.2) is 0 Å². The van der Waals surface area contributed by atoms with Crippen LogP contribution < -0.4 is 0 Å². The van der Waals surface area contributed by atoms with Crippen LogP contribution in [0.3, 0.4) is 0 Å². The lowest BCUT2D eigenvalue weighted by molar-refractivity contribution is 1.45. The number of benzene rings is 6. The Labute approximate surface area is 250 Å². The molecule has 0 unspecified atom stereocenters. The first-order valence-electron chi connectivity index (χ1n) is 13.6. The fourth-order valence-corrected chi connectivity index (χ4v) is 8.16. The highest BCUT2D eigenvalue weighted by atomic mass is 32.1. The second kappa shape index (κ2) is 9.68. The average molecular weight is 569 g/mol. The molecule has 6 aromatic carbocycles. The molecule has 42 heavy (non-hydrogen) atoms. The number of rotatable bonds is 3. The molecule has 0 saturated carbocycles. The Hall–Kier alpha value is -5.26. The van der Waals surface area contributed by atoms with Gasteiger partial charge in [0.05, 0.1) is 17.2 Å². The van der Waals surface area contributed by atoms with E-state index in [1.807, 2.05) is 24.3 Å². The van der Waals surface area contributed by atoms with Gasteiger partial charge in [0.25, 0.3) is 0 Å². The van der Waals surface area contributed by atoms with Gasteiger partial charge in [0.2, 0.25) is 0 Å². The van der Waals surface area contributed by atoms with Gasteiger partial charge >= 0.3 is 0 Å². The lowest BCUT2D eigenvalue weighted by Gasteiger charge is -2.15. The highest BCUT2D eigenvalue weighted by molar-refractivity contribution is 7.26. The van der Waals surface area contributed by atoms with Crippen LogP contribution in [0, 0.1) is 22.7 Å². The van der Waals surface area contributed by atoms with Crippen LogP contribution in [0.25, 0.3) is 73.7 Å². The van der Waals surface area contributed by atoms with Gasteiger partial charge in [-0.25, -0.2) is 0 Å². The zero-order valence-electron chi connectivity index (χ0n) is 22.3. The Balaban J connectivity index is 1.43. The third-order valence-corrected chi connectivity index (χ3v) is 10.3. The molecule has 2 aromatic heterocycles. The standard InChI is InChI=1S/C38H20N2S2/c39-21-25-7-1-2-8-27(25)31-20-26(23-13-15-37-32(17-23)28-9-3-5-11-35(28)41-37)19-30(34(31)22-40)24-14-16-38-33(18-24)29-10-4-6-12-36(29)42-38/h1-20H. The van der Waals surface area contributed by atoms with Crippen molar-refractivity contribution >= 4 is 63.0 Å². The van der Waals surface area contributed by atoms with Crippen molar-refractivity contribution in [2.75, 3.05) is 0 Å². The summed E-state index contributed by atoms with van der Waals surface area (Å²) in [6, 6.07) is 46.7. The van der Waals surface area contributed by atoms with Crippen molar-refractivity contribution in [2.24, 2.45) is 0 Å². The molecule has 194 valence electrons. The number of nitriles is 2. The molecule has 0 radical (unpaired) electrons. The van der Waals surface area contributed by atoms with Crippen molar-refractivity contribution in [2.45, 2.75) is 0 Å². The monoisotopic (exact) mass is 568 g/mol. The predicted molar refractivity (Wildman–Crippen MR) is 178 cm³/mol. The molecule has 0 saturated heterocycles. The van der Waals surface area contributed by atoms with E-state index in [0.717, 1.165) is 33.4 Å². The Morgan fingerprint density at radius 3 is 1.62 bits per heavy atom. The van der Waals surface area contributed by atoms with Gasteiger partial charge in [0.15, 0.2) is 0 Å². The third kappa shape index (κ3) is 3.82. The molecule has 0 aliphatic heterocycles. The fourth-order valence-electron chi connectivity index (χ4n) is 5.98. The van der Waals surface area contributed by atoms with Crippen LogP contribution >= 0.6 is 22.7 Å². The largest absolute Gasteiger partial charge is 0.192 e. The van der Waals surface area contributed by atoms with Crippen LogP contribution in [0.5, 0.6) is 0 Å². The van der Waals surface area contributed by atoms with Crippen molar-refractivity contribution in [1.29, 1.82) is 10.5 Å². The second-order valence-electron chi connectivity index (χ2n) is 10.3. The van der Waals surface area contributed by atoms with Gasteiger partial charge in [0.1, 0.15) is 6.07 Å². The number of thiophene rings is 2. The summed E-state index contributed by atoms with van der Waals surface area (Å²) < 4.78 is 4.99. The maximum Gasteiger partial charge on any atom is 0.100 e. The van der Waals surface area contributed by atoms with Crippen LogP contribution in [0.4, 0.5) is 0 Å². The Morgan fingerprint density at radius 1 is 0.405 bits per heavy atom. The minimum Gasteiger partial charge on any atom is -0.192 e. The lowest BCUT2D eigenvalue weighted by Crippen LogP contribution is -1.94. The lowest BCUT2D eigenvalue weighted by atomic mass is 9.86. The van der Waals surface area contributed by atoms with E-state index >= 15 is 0 Å². The molecule has 2 nitrogen and oxygen atoms in total. The zero-order chi connectivity index (χ0) is 28.2. The molecule has 0 atom stereocenters. The van der Waals surface area contributed by atoms with Crippen molar-refractivity contribution in [3.8, 4) is 45.5 Å². The zero-order valence-corrected chi connectivity index (χ0v) is 23.9. The number of nitrogens with zero attached hydrogens (tertiary/aromatic N) is 2. The molecule has 0 bridgehead atoms. The van der Waals surface area contributed by atoms with E-state index in [9.17, 15) is 10.5 Å². The van der Waals surface area contributed by atoms with Gasteiger partial charge in [-0.05, 0) is 71.3 Å². The minimum atomic E-state index is 0.552. The van der Waals surface area contributed by atoms with Crippen molar-refractivity contribution in [1.82, 2.24) is 0 Å². The maximum atomic E-state index is 10.6. The van der Waals surface area contributed by atoms with E-state index in [0.29, 0.717) is 11.1 Å². The van der Waals surface area contributed by atoms with Gasteiger partial charge < -0.3 is 0 Å². The Kier molecular flexibility index (Phi) is 5.66. The second-order valence-corrected chi connectivity index (χ2v) is 12.5. The first-order valence-corrected chi connectivity index (χ1v) is 15.3. The summed E-state index contributed by atoms with van der Waals surface area (Å²) in [5, 5.41) is 25.5. The summed E-state index contributed by atoms with van der Waals surface area (Å²) in [5.74, 6) is 0. The average Bonchev–Trinajstić information content (AvgIpc) is 3.61. The molecule has 8 rings (SSSR count). The molecule has 2 heterocycles. The molecule has 8 aromatic rings. The summed E-state index contributed by atoms with van der Waals surface area (Å²) in [6.07, 6.45) is 0. The number of hydrogen-bond donors (Lipinski definition) is 0. The summed E-state index contributed by atoms with van der Waals surface area (Å²) >= 11 is 3.58. The first-order chi connectivity index (χ1) is 20.7. The van der Waals surface area contributed by atoms with E-state index in [1.54, 1.807) is 22.7 Å². The van der Waals surface area contributed by atoms with Crippen molar-refractivity contribution in [3.63, 3.8) is 0 Å². The summed E-state index contributed by atoms with van der Waals surface area (Å²) in [4.78, 5) is 0. The van der Waals surface area contributed by atoms with Gasteiger partial charge in [-0.15, -0.1) is 22.7 Å². The molecule has 0 fully saturated rings. The number of hydrogen-bond acceptors (Lipinski definition) is 4. The van der Waals surface area contributed by atoms with Crippen molar-refractivity contribution < 1.29 is 0 Å². The molecule has 0 aliphatic carbocycles. The van der Waals surface area contributed by atoms with Crippen LogP contribution in [0.2, 0.25) is 0 Å². The molecule has 0 aliphatic rings. The molecule has 0 N–H and O–H groups in total. The molecular weight excluding hydrogens is 549 g/mol. The van der Waals surface area contributed by atoms with E-state index in [1.165, 1.54) is 40.3 Å². The van der Waals surface area contributed by atoms with Crippen LogP contribution in [0.15, 0.2) is 121 Å². The highest BCUT2D eigenvalue weighted by Gasteiger charge is 2.19. The normalized spacial score (nSPS) is 11.3. The fraction of sp³-hybridized carbons (Fsp3) is 0.